The summed E-state index contributed by atoms with van der Waals surface area (Å²) < 4.78 is 0.847. The Morgan fingerprint density at radius 2 is 2.27 bits per heavy atom. The lowest BCUT2D eigenvalue weighted by Gasteiger charge is -2.00. The number of rotatable bonds is 2. The third kappa shape index (κ3) is 2.38. The molecule has 0 saturated carbocycles. The summed E-state index contributed by atoms with van der Waals surface area (Å²) in [7, 11) is 0. The van der Waals surface area contributed by atoms with Crippen LogP contribution in [0, 0.1) is 0 Å². The predicted molar refractivity (Wildman–Crippen MR) is 56.3 cm³/mol. The van der Waals surface area contributed by atoms with E-state index >= 15 is 0 Å². The average molecular weight is 268 g/mol. The van der Waals surface area contributed by atoms with Crippen LogP contribution in [-0.4, -0.2) is 26.1 Å². The predicted octanol–water partition coefficient (Wildman–Crippen LogP) is 1.21. The van der Waals surface area contributed by atoms with Gasteiger partial charge in [-0.2, -0.15) is 5.10 Å². The molecule has 2 aromatic rings. The molecule has 2 heterocycles. The molecule has 0 fully saturated rings. The number of anilines is 1. The molecule has 0 atom stereocenters. The van der Waals surface area contributed by atoms with Crippen molar-refractivity contribution in [1.29, 1.82) is 0 Å². The summed E-state index contributed by atoms with van der Waals surface area (Å²) in [6.07, 6.45) is 2.86. The van der Waals surface area contributed by atoms with Gasteiger partial charge in [0.05, 0.1) is 0 Å². The number of aromatic amines is 1. The van der Waals surface area contributed by atoms with Crippen molar-refractivity contribution in [3.8, 4) is 0 Å². The van der Waals surface area contributed by atoms with E-state index in [9.17, 15) is 4.79 Å². The van der Waals surface area contributed by atoms with E-state index in [4.69, 9.17) is 0 Å². The standard InChI is InChI=1S/C8H6BrN5O/c9-5-1-2-6(10-3-5)13-8(15)7-11-4-12-14-7/h1-4H,(H,10,13,15)(H,11,12,14). The summed E-state index contributed by atoms with van der Waals surface area (Å²) in [6.45, 7) is 0. The minimum Gasteiger partial charge on any atom is -0.304 e. The van der Waals surface area contributed by atoms with Crippen LogP contribution < -0.4 is 5.32 Å². The molecule has 0 spiro atoms. The van der Waals surface area contributed by atoms with Crippen LogP contribution in [-0.2, 0) is 0 Å². The number of hydrogen-bond donors (Lipinski definition) is 2. The molecular weight excluding hydrogens is 262 g/mol. The molecule has 6 nitrogen and oxygen atoms in total. The van der Waals surface area contributed by atoms with Gasteiger partial charge in [-0.25, -0.2) is 9.97 Å². The summed E-state index contributed by atoms with van der Waals surface area (Å²) in [5.74, 6) is 0.238. The summed E-state index contributed by atoms with van der Waals surface area (Å²) >= 11 is 3.25. The number of aromatic nitrogens is 4. The number of hydrogen-bond acceptors (Lipinski definition) is 4. The normalized spacial score (nSPS) is 9.93. The molecule has 0 saturated heterocycles. The highest BCUT2D eigenvalue weighted by molar-refractivity contribution is 9.10. The number of pyridine rings is 1. The Morgan fingerprint density at radius 1 is 1.40 bits per heavy atom. The maximum atomic E-state index is 11.5. The van der Waals surface area contributed by atoms with Crippen molar-refractivity contribution in [3.05, 3.63) is 35.0 Å². The van der Waals surface area contributed by atoms with Crippen LogP contribution in [0.25, 0.3) is 0 Å². The molecular formula is C8H6BrN5O. The second kappa shape index (κ2) is 4.18. The van der Waals surface area contributed by atoms with Gasteiger partial charge in [0.2, 0.25) is 5.82 Å². The first-order valence-electron chi connectivity index (χ1n) is 4.04. The monoisotopic (exact) mass is 267 g/mol. The number of carbonyl (C=O) groups is 1. The van der Waals surface area contributed by atoms with E-state index in [0.717, 1.165) is 4.47 Å². The van der Waals surface area contributed by atoms with Crippen molar-refractivity contribution in [1.82, 2.24) is 20.2 Å². The summed E-state index contributed by atoms with van der Waals surface area (Å²) in [6, 6.07) is 3.46. The Labute approximate surface area is 93.3 Å². The third-order valence-electron chi connectivity index (χ3n) is 1.60. The van der Waals surface area contributed by atoms with E-state index < -0.39 is 0 Å². The third-order valence-corrected chi connectivity index (χ3v) is 2.07. The molecule has 0 radical (unpaired) electrons. The van der Waals surface area contributed by atoms with Gasteiger partial charge in [0.15, 0.2) is 0 Å². The van der Waals surface area contributed by atoms with Gasteiger partial charge in [-0.15, -0.1) is 0 Å². The molecule has 15 heavy (non-hydrogen) atoms. The number of halogens is 1. The molecule has 0 bridgehead atoms. The molecule has 0 aromatic carbocycles. The number of amides is 1. The lowest BCUT2D eigenvalue weighted by atomic mass is 10.4. The first kappa shape index (κ1) is 9.78. The lowest BCUT2D eigenvalue weighted by Crippen LogP contribution is -2.14. The quantitative estimate of drug-likeness (QED) is 0.857. The highest BCUT2D eigenvalue weighted by Crippen LogP contribution is 2.10. The van der Waals surface area contributed by atoms with Gasteiger partial charge in [-0.3, -0.25) is 9.89 Å². The fourth-order valence-electron chi connectivity index (χ4n) is 0.940. The van der Waals surface area contributed by atoms with Crippen molar-refractivity contribution in [2.24, 2.45) is 0 Å². The molecule has 2 rings (SSSR count). The smallest absolute Gasteiger partial charge is 0.294 e. The van der Waals surface area contributed by atoms with Crippen molar-refractivity contribution in [2.45, 2.75) is 0 Å². The fourth-order valence-corrected chi connectivity index (χ4v) is 1.17. The Morgan fingerprint density at radius 3 is 2.87 bits per heavy atom. The van der Waals surface area contributed by atoms with Gasteiger partial charge in [-0.1, -0.05) is 0 Å². The Kier molecular flexibility index (Phi) is 2.72. The molecule has 0 aliphatic heterocycles. The minimum absolute atomic E-state index is 0.153. The minimum atomic E-state index is -0.373. The molecule has 2 N–H and O–H groups in total. The van der Waals surface area contributed by atoms with Gasteiger partial charge in [0.1, 0.15) is 12.1 Å². The lowest BCUT2D eigenvalue weighted by molar-refractivity contribution is 0.101. The molecule has 7 heteroatoms. The van der Waals surface area contributed by atoms with Crippen molar-refractivity contribution in [3.63, 3.8) is 0 Å². The van der Waals surface area contributed by atoms with E-state index in [1.807, 2.05) is 0 Å². The van der Waals surface area contributed by atoms with Crippen molar-refractivity contribution < 1.29 is 4.79 Å². The number of nitrogens with one attached hydrogen (secondary N) is 2. The summed E-state index contributed by atoms with van der Waals surface area (Å²) in [5.41, 5.74) is 0. The van der Waals surface area contributed by atoms with Gasteiger partial charge < -0.3 is 5.32 Å². The highest BCUT2D eigenvalue weighted by atomic mass is 79.9. The van der Waals surface area contributed by atoms with E-state index in [2.05, 4.69) is 41.4 Å². The second-order valence-electron chi connectivity index (χ2n) is 2.65. The van der Waals surface area contributed by atoms with Crippen LogP contribution in [0.3, 0.4) is 0 Å². The van der Waals surface area contributed by atoms with E-state index in [-0.39, 0.29) is 11.7 Å². The number of H-pyrrole nitrogens is 1. The maximum absolute atomic E-state index is 11.5. The molecule has 76 valence electrons. The summed E-state index contributed by atoms with van der Waals surface area (Å²) in [4.78, 5) is 19.2. The van der Waals surface area contributed by atoms with E-state index in [0.29, 0.717) is 5.82 Å². The number of carbonyl (C=O) groups excluding carboxylic acids is 1. The van der Waals surface area contributed by atoms with Crippen LogP contribution in [0.2, 0.25) is 0 Å². The summed E-state index contributed by atoms with van der Waals surface area (Å²) in [5, 5.41) is 8.60. The topological polar surface area (TPSA) is 83.6 Å². The van der Waals surface area contributed by atoms with Crippen LogP contribution >= 0.6 is 15.9 Å². The molecule has 0 aliphatic rings. The molecule has 0 unspecified atom stereocenters. The van der Waals surface area contributed by atoms with Gasteiger partial charge in [-0.05, 0) is 28.1 Å². The molecule has 1 amide bonds. The van der Waals surface area contributed by atoms with Crippen molar-refractivity contribution >= 4 is 27.7 Å². The maximum Gasteiger partial charge on any atom is 0.294 e. The Hall–Kier alpha value is -1.76. The zero-order valence-electron chi connectivity index (χ0n) is 7.44. The second-order valence-corrected chi connectivity index (χ2v) is 3.57. The SMILES string of the molecule is O=C(Nc1ccc(Br)cn1)c1ncn[nH]1. The first-order chi connectivity index (χ1) is 7.25. The van der Waals surface area contributed by atoms with Crippen molar-refractivity contribution in [2.75, 3.05) is 5.32 Å². The van der Waals surface area contributed by atoms with Gasteiger partial charge >= 0.3 is 0 Å². The van der Waals surface area contributed by atoms with E-state index in [1.165, 1.54) is 6.33 Å². The van der Waals surface area contributed by atoms with Crippen LogP contribution in [0.15, 0.2) is 29.1 Å². The first-order valence-corrected chi connectivity index (χ1v) is 4.83. The van der Waals surface area contributed by atoms with Crippen LogP contribution in [0.1, 0.15) is 10.6 Å². The Balaban J connectivity index is 2.09. The van der Waals surface area contributed by atoms with Gasteiger partial charge in [0, 0.05) is 10.7 Å². The zero-order valence-corrected chi connectivity index (χ0v) is 9.02. The molecule has 2 aromatic heterocycles. The van der Waals surface area contributed by atoms with E-state index in [1.54, 1.807) is 18.3 Å². The highest BCUT2D eigenvalue weighted by Gasteiger charge is 2.08. The largest absolute Gasteiger partial charge is 0.304 e. The van der Waals surface area contributed by atoms with Crippen LogP contribution in [0.4, 0.5) is 5.82 Å². The molecule has 0 aliphatic carbocycles. The average Bonchev–Trinajstić information content (AvgIpc) is 2.74. The zero-order chi connectivity index (χ0) is 10.7. The van der Waals surface area contributed by atoms with Crippen LogP contribution in [0.5, 0.6) is 0 Å². The Bertz CT molecular complexity index is 452. The van der Waals surface area contributed by atoms with Gasteiger partial charge in [0.25, 0.3) is 5.91 Å². The number of nitrogens with zero attached hydrogens (tertiary/aromatic N) is 3. The fraction of sp³-hybridized carbons (Fsp3) is 0.